The first-order valence-corrected chi connectivity index (χ1v) is 7.39. The number of rotatable bonds is 7. The normalized spacial score (nSPS) is 12.0. The van der Waals surface area contributed by atoms with Gasteiger partial charge in [-0.05, 0) is 52.9 Å². The zero-order chi connectivity index (χ0) is 15.3. The van der Waals surface area contributed by atoms with Gasteiger partial charge in [0, 0.05) is 5.56 Å². The maximum Gasteiger partial charge on any atom is 0.182 e. The van der Waals surface area contributed by atoms with E-state index in [4.69, 9.17) is 4.74 Å². The van der Waals surface area contributed by atoms with Crippen molar-refractivity contribution in [3.05, 3.63) is 29.8 Å². The molecule has 0 aromatic heterocycles. The van der Waals surface area contributed by atoms with E-state index in [1.165, 1.54) is 0 Å². The lowest BCUT2D eigenvalue weighted by molar-refractivity contribution is 0.0668. The number of carbonyl (C=O) groups excluding carboxylic acids is 1. The highest BCUT2D eigenvalue weighted by Gasteiger charge is 2.33. The van der Waals surface area contributed by atoms with Crippen molar-refractivity contribution in [2.75, 3.05) is 13.1 Å². The molecule has 1 aromatic carbocycles. The molecule has 0 spiro atoms. The first kappa shape index (κ1) is 16.7. The van der Waals surface area contributed by atoms with Crippen molar-refractivity contribution in [3.63, 3.8) is 0 Å². The summed E-state index contributed by atoms with van der Waals surface area (Å²) in [6, 6.07) is 7.47. The first-order chi connectivity index (χ1) is 9.32. The Morgan fingerprint density at radius 1 is 1.25 bits per heavy atom. The Balaban J connectivity index is 3.02. The smallest absolute Gasteiger partial charge is 0.182 e. The fraction of sp³-hybridized carbons (Fsp3) is 0.588. The molecule has 0 saturated carbocycles. The summed E-state index contributed by atoms with van der Waals surface area (Å²) in [7, 11) is 0. The van der Waals surface area contributed by atoms with Gasteiger partial charge in [0.15, 0.2) is 5.78 Å². The lowest BCUT2D eigenvalue weighted by atomic mass is 9.91. The third kappa shape index (κ3) is 3.83. The van der Waals surface area contributed by atoms with Gasteiger partial charge in [0.2, 0.25) is 0 Å². The summed E-state index contributed by atoms with van der Waals surface area (Å²) in [6.07, 6.45) is 0.108. The molecule has 3 heteroatoms. The van der Waals surface area contributed by atoms with Crippen LogP contribution in [0.4, 0.5) is 0 Å². The lowest BCUT2D eigenvalue weighted by Crippen LogP contribution is -2.49. The quantitative estimate of drug-likeness (QED) is 0.710. The first-order valence-electron chi connectivity index (χ1n) is 7.39. The number of benzene rings is 1. The Morgan fingerprint density at radius 2 is 1.85 bits per heavy atom. The molecule has 0 aliphatic rings. The third-order valence-electron chi connectivity index (χ3n) is 3.58. The summed E-state index contributed by atoms with van der Waals surface area (Å²) in [5.41, 5.74) is 0.208. The summed E-state index contributed by atoms with van der Waals surface area (Å²) < 4.78 is 5.66. The number of ketones is 1. The van der Waals surface area contributed by atoms with Crippen molar-refractivity contribution in [2.45, 2.75) is 53.2 Å². The highest BCUT2D eigenvalue weighted by Crippen LogP contribution is 2.23. The van der Waals surface area contributed by atoms with E-state index in [0.717, 1.165) is 18.8 Å². The van der Waals surface area contributed by atoms with Crippen LogP contribution in [0.2, 0.25) is 0 Å². The van der Waals surface area contributed by atoms with Crippen molar-refractivity contribution < 1.29 is 9.53 Å². The minimum absolute atomic E-state index is 0.108. The van der Waals surface area contributed by atoms with E-state index in [1.54, 1.807) is 0 Å². The van der Waals surface area contributed by atoms with Gasteiger partial charge in [-0.2, -0.15) is 0 Å². The highest BCUT2D eigenvalue weighted by molar-refractivity contribution is 6.02. The zero-order valence-electron chi connectivity index (χ0n) is 13.6. The molecule has 1 rings (SSSR count). The van der Waals surface area contributed by atoms with Crippen molar-refractivity contribution in [1.82, 2.24) is 4.90 Å². The molecule has 0 radical (unpaired) electrons. The number of carbonyl (C=O) groups is 1. The van der Waals surface area contributed by atoms with Crippen LogP contribution in [-0.4, -0.2) is 35.4 Å². The van der Waals surface area contributed by atoms with E-state index in [-0.39, 0.29) is 11.9 Å². The van der Waals surface area contributed by atoms with E-state index in [1.807, 2.05) is 52.0 Å². The standard InChI is InChI=1S/C17H27NO2/c1-7-18(8-2)17(5,6)16(19)14-10-9-11-15(12-14)20-13(3)4/h9-13H,7-8H2,1-6H3. The summed E-state index contributed by atoms with van der Waals surface area (Å²) in [6.45, 7) is 13.8. The van der Waals surface area contributed by atoms with Crippen LogP contribution in [0.3, 0.4) is 0 Å². The van der Waals surface area contributed by atoms with E-state index in [9.17, 15) is 4.79 Å². The number of likely N-dealkylation sites (N-methyl/N-ethyl adjacent to an activating group) is 1. The van der Waals surface area contributed by atoms with Crippen molar-refractivity contribution >= 4 is 5.78 Å². The minimum Gasteiger partial charge on any atom is -0.491 e. The molecule has 0 unspecified atom stereocenters. The van der Waals surface area contributed by atoms with E-state index in [2.05, 4.69) is 18.7 Å². The zero-order valence-corrected chi connectivity index (χ0v) is 13.6. The topological polar surface area (TPSA) is 29.5 Å². The Labute approximate surface area is 122 Å². The number of nitrogens with zero attached hydrogens (tertiary/aromatic N) is 1. The van der Waals surface area contributed by atoms with Crippen LogP contribution in [0.25, 0.3) is 0 Å². The maximum absolute atomic E-state index is 12.8. The Morgan fingerprint density at radius 3 is 2.35 bits per heavy atom. The molecule has 0 heterocycles. The largest absolute Gasteiger partial charge is 0.491 e. The lowest BCUT2D eigenvalue weighted by Gasteiger charge is -2.35. The molecule has 3 nitrogen and oxygen atoms in total. The van der Waals surface area contributed by atoms with Gasteiger partial charge < -0.3 is 4.74 Å². The van der Waals surface area contributed by atoms with Crippen LogP contribution in [0.1, 0.15) is 51.9 Å². The summed E-state index contributed by atoms with van der Waals surface area (Å²) in [5.74, 6) is 0.886. The van der Waals surface area contributed by atoms with Gasteiger partial charge >= 0.3 is 0 Å². The Hall–Kier alpha value is -1.35. The Kier molecular flexibility index (Phi) is 5.75. The third-order valence-corrected chi connectivity index (χ3v) is 3.58. The monoisotopic (exact) mass is 277 g/mol. The van der Waals surface area contributed by atoms with Crippen LogP contribution >= 0.6 is 0 Å². The van der Waals surface area contributed by atoms with Gasteiger partial charge in [-0.25, -0.2) is 0 Å². The molecule has 0 aliphatic carbocycles. The van der Waals surface area contributed by atoms with Gasteiger partial charge in [-0.15, -0.1) is 0 Å². The molecule has 0 bridgehead atoms. The van der Waals surface area contributed by atoms with Crippen LogP contribution in [0, 0.1) is 0 Å². The summed E-state index contributed by atoms with van der Waals surface area (Å²) >= 11 is 0. The number of ether oxygens (including phenoxy) is 1. The molecule has 1 aromatic rings. The molecule has 0 aliphatic heterocycles. The average molecular weight is 277 g/mol. The fourth-order valence-corrected chi connectivity index (χ4v) is 2.49. The van der Waals surface area contributed by atoms with Crippen LogP contribution in [-0.2, 0) is 0 Å². The average Bonchev–Trinajstić information content (AvgIpc) is 2.38. The van der Waals surface area contributed by atoms with Gasteiger partial charge in [0.1, 0.15) is 5.75 Å². The second kappa shape index (κ2) is 6.89. The van der Waals surface area contributed by atoms with E-state index in [0.29, 0.717) is 5.56 Å². The van der Waals surface area contributed by atoms with Gasteiger partial charge in [-0.3, -0.25) is 9.69 Å². The molecule has 0 saturated heterocycles. The van der Waals surface area contributed by atoms with E-state index < -0.39 is 5.54 Å². The molecular formula is C17H27NO2. The number of Topliss-reactive ketones (excluding diaryl/α,β-unsaturated/α-hetero) is 1. The molecular weight excluding hydrogens is 250 g/mol. The number of hydrogen-bond acceptors (Lipinski definition) is 3. The van der Waals surface area contributed by atoms with Crippen LogP contribution in [0.5, 0.6) is 5.75 Å². The summed E-state index contributed by atoms with van der Waals surface area (Å²) in [5, 5.41) is 0. The molecule has 0 amide bonds. The van der Waals surface area contributed by atoms with Gasteiger partial charge in [0.05, 0.1) is 11.6 Å². The fourth-order valence-electron chi connectivity index (χ4n) is 2.49. The van der Waals surface area contributed by atoms with Crippen molar-refractivity contribution in [1.29, 1.82) is 0 Å². The van der Waals surface area contributed by atoms with E-state index >= 15 is 0 Å². The molecule has 112 valence electrons. The van der Waals surface area contributed by atoms with Crippen LogP contribution < -0.4 is 4.74 Å². The summed E-state index contributed by atoms with van der Waals surface area (Å²) in [4.78, 5) is 14.9. The maximum atomic E-state index is 12.8. The number of hydrogen-bond donors (Lipinski definition) is 0. The van der Waals surface area contributed by atoms with Gasteiger partial charge in [0.25, 0.3) is 0 Å². The van der Waals surface area contributed by atoms with Gasteiger partial charge in [-0.1, -0.05) is 26.0 Å². The van der Waals surface area contributed by atoms with Crippen molar-refractivity contribution in [2.24, 2.45) is 0 Å². The molecule has 0 atom stereocenters. The predicted molar refractivity (Wildman–Crippen MR) is 83.5 cm³/mol. The molecule has 0 N–H and O–H groups in total. The molecule has 0 fully saturated rings. The minimum atomic E-state index is -0.500. The Bertz CT molecular complexity index is 448. The SMILES string of the molecule is CCN(CC)C(C)(C)C(=O)c1cccc(OC(C)C)c1. The second-order valence-electron chi connectivity index (χ2n) is 5.75. The van der Waals surface area contributed by atoms with Crippen LogP contribution in [0.15, 0.2) is 24.3 Å². The molecule has 20 heavy (non-hydrogen) atoms. The predicted octanol–water partition coefficient (Wildman–Crippen LogP) is 3.78. The second-order valence-corrected chi connectivity index (χ2v) is 5.75. The highest BCUT2D eigenvalue weighted by atomic mass is 16.5. The van der Waals surface area contributed by atoms with Crippen molar-refractivity contribution in [3.8, 4) is 5.75 Å².